The number of hydrogen-bond acceptors (Lipinski definition) is 7. The van der Waals surface area contributed by atoms with Gasteiger partial charge in [0.1, 0.15) is 0 Å². The summed E-state index contributed by atoms with van der Waals surface area (Å²) < 4.78 is 7.49. The Balaban J connectivity index is 1.28. The molecule has 1 saturated heterocycles. The predicted octanol–water partition coefficient (Wildman–Crippen LogP) is 2.83. The molecule has 4 heterocycles. The summed E-state index contributed by atoms with van der Waals surface area (Å²) in [5.74, 6) is 0.659. The summed E-state index contributed by atoms with van der Waals surface area (Å²) in [4.78, 5) is 23.3. The zero-order valence-corrected chi connectivity index (χ0v) is 18.4. The largest absolute Gasteiger partial charge is 0.394 e. The third kappa shape index (κ3) is 3.85. The van der Waals surface area contributed by atoms with E-state index in [2.05, 4.69) is 32.7 Å². The average Bonchev–Trinajstić information content (AvgIpc) is 3.49. The maximum atomic E-state index is 11.7. The molecule has 9 nitrogen and oxygen atoms in total. The highest BCUT2D eigenvalue weighted by atomic mass is 16.5. The molecule has 34 heavy (non-hydrogen) atoms. The Hall–Kier alpha value is -3.95. The Labute approximate surface area is 196 Å². The first-order chi connectivity index (χ1) is 16.7. The summed E-state index contributed by atoms with van der Waals surface area (Å²) in [7, 11) is 0. The number of aromatic nitrogens is 3. The van der Waals surface area contributed by atoms with Crippen molar-refractivity contribution in [1.82, 2.24) is 14.4 Å². The monoisotopic (exact) mass is 456 g/mol. The summed E-state index contributed by atoms with van der Waals surface area (Å²) in [5.41, 5.74) is 6.23. The van der Waals surface area contributed by atoms with Crippen LogP contribution in [0.3, 0.4) is 0 Å². The lowest BCUT2D eigenvalue weighted by molar-refractivity contribution is -0.115. The van der Waals surface area contributed by atoms with E-state index >= 15 is 0 Å². The van der Waals surface area contributed by atoms with Crippen LogP contribution in [0.2, 0.25) is 0 Å². The van der Waals surface area contributed by atoms with Crippen LogP contribution in [0.1, 0.15) is 5.56 Å². The molecule has 2 aromatic heterocycles. The van der Waals surface area contributed by atoms with Gasteiger partial charge in [0.2, 0.25) is 5.91 Å². The van der Waals surface area contributed by atoms with E-state index in [9.17, 15) is 9.90 Å². The van der Waals surface area contributed by atoms with Gasteiger partial charge in [-0.05, 0) is 35.9 Å². The predicted molar refractivity (Wildman–Crippen MR) is 130 cm³/mol. The zero-order valence-electron chi connectivity index (χ0n) is 18.4. The van der Waals surface area contributed by atoms with E-state index in [1.807, 2.05) is 47.1 Å². The molecule has 0 radical (unpaired) electrons. The van der Waals surface area contributed by atoms with Crippen LogP contribution in [0.25, 0.3) is 16.9 Å². The second-order valence-electron chi connectivity index (χ2n) is 8.52. The third-order valence-corrected chi connectivity index (χ3v) is 6.24. The van der Waals surface area contributed by atoms with Crippen molar-refractivity contribution in [1.29, 1.82) is 0 Å². The van der Waals surface area contributed by atoms with Crippen molar-refractivity contribution in [3.05, 3.63) is 66.6 Å². The summed E-state index contributed by atoms with van der Waals surface area (Å²) in [6.07, 6.45) is 5.83. The van der Waals surface area contributed by atoms with E-state index in [-0.39, 0.29) is 18.6 Å². The number of aliphatic hydroxyl groups excluding tert-OH is 1. The lowest BCUT2D eigenvalue weighted by Crippen LogP contribution is -2.44. The van der Waals surface area contributed by atoms with E-state index in [1.165, 1.54) is 0 Å². The molecule has 0 spiro atoms. The van der Waals surface area contributed by atoms with Crippen LogP contribution >= 0.6 is 0 Å². The lowest BCUT2D eigenvalue weighted by Gasteiger charge is -2.33. The number of benzene rings is 2. The molecule has 4 aromatic rings. The molecule has 3 N–H and O–H groups in total. The second-order valence-corrected chi connectivity index (χ2v) is 8.52. The highest BCUT2D eigenvalue weighted by molar-refractivity contribution is 5.99. The summed E-state index contributed by atoms with van der Waals surface area (Å²) >= 11 is 0. The number of anilines is 4. The van der Waals surface area contributed by atoms with Crippen molar-refractivity contribution < 1.29 is 14.6 Å². The quantitative estimate of drug-likeness (QED) is 0.424. The molecule has 0 aliphatic carbocycles. The Bertz CT molecular complexity index is 1370. The molecular weight excluding hydrogens is 432 g/mol. The average molecular weight is 457 g/mol. The Morgan fingerprint density at radius 3 is 2.94 bits per heavy atom. The molecule has 2 aliphatic rings. The van der Waals surface area contributed by atoms with Gasteiger partial charge in [-0.15, -0.1) is 0 Å². The van der Waals surface area contributed by atoms with Crippen LogP contribution in [0, 0.1) is 0 Å². The van der Waals surface area contributed by atoms with Gasteiger partial charge in [-0.3, -0.25) is 4.79 Å². The molecule has 2 aromatic carbocycles. The van der Waals surface area contributed by atoms with Crippen molar-refractivity contribution in [2.45, 2.75) is 12.5 Å². The molecule has 2 aliphatic heterocycles. The number of aliphatic hydroxyl groups is 1. The number of carbonyl (C=O) groups is 1. The van der Waals surface area contributed by atoms with Gasteiger partial charge in [-0.2, -0.15) is 0 Å². The number of hydrogen-bond donors (Lipinski definition) is 3. The topological polar surface area (TPSA) is 104 Å². The molecule has 1 amide bonds. The zero-order chi connectivity index (χ0) is 23.1. The van der Waals surface area contributed by atoms with E-state index in [0.717, 1.165) is 46.1 Å². The number of imidazole rings is 1. The van der Waals surface area contributed by atoms with E-state index in [4.69, 9.17) is 9.72 Å². The van der Waals surface area contributed by atoms with Crippen LogP contribution < -0.4 is 15.5 Å². The number of nitrogens with zero attached hydrogens (tertiary/aromatic N) is 4. The van der Waals surface area contributed by atoms with E-state index in [0.29, 0.717) is 25.4 Å². The van der Waals surface area contributed by atoms with Crippen LogP contribution in [0.5, 0.6) is 0 Å². The minimum Gasteiger partial charge on any atom is -0.394 e. The van der Waals surface area contributed by atoms with E-state index in [1.54, 1.807) is 6.20 Å². The molecule has 172 valence electrons. The smallest absolute Gasteiger partial charge is 0.228 e. The van der Waals surface area contributed by atoms with Gasteiger partial charge in [0.25, 0.3) is 0 Å². The fraction of sp³-hybridized carbons (Fsp3) is 0.240. The standard InChI is InChI=1S/C25H24N6O3/c32-15-20-13-30(9-10-34-20)19-5-3-18(4-6-19)27-24-25-26-7-8-31(25)14-22(29-24)16-1-2-17-12-23(33)28-21(17)11-16/h1-8,11,14,20,32H,9-10,12-13,15H2,(H,27,29)(H,28,33)/t20-/m0/s1. The molecule has 1 fully saturated rings. The van der Waals surface area contributed by atoms with Crippen molar-refractivity contribution in [3.8, 4) is 11.3 Å². The minimum absolute atomic E-state index is 0.0138. The highest BCUT2D eigenvalue weighted by Crippen LogP contribution is 2.31. The van der Waals surface area contributed by atoms with Crippen LogP contribution in [0.4, 0.5) is 22.9 Å². The third-order valence-electron chi connectivity index (χ3n) is 6.24. The van der Waals surface area contributed by atoms with Gasteiger partial charge in [0, 0.05) is 54.3 Å². The van der Waals surface area contributed by atoms with Crippen molar-refractivity contribution in [2.24, 2.45) is 0 Å². The van der Waals surface area contributed by atoms with Gasteiger partial charge in [0.05, 0.1) is 31.4 Å². The number of amides is 1. The van der Waals surface area contributed by atoms with Crippen molar-refractivity contribution in [3.63, 3.8) is 0 Å². The van der Waals surface area contributed by atoms with E-state index < -0.39 is 0 Å². The van der Waals surface area contributed by atoms with Gasteiger partial charge in [-0.1, -0.05) is 12.1 Å². The number of ether oxygens (including phenoxy) is 1. The minimum atomic E-state index is -0.153. The Morgan fingerprint density at radius 2 is 2.09 bits per heavy atom. The molecule has 0 bridgehead atoms. The van der Waals surface area contributed by atoms with Crippen LogP contribution in [0.15, 0.2) is 61.1 Å². The SMILES string of the molecule is O=C1Cc2ccc(-c3cn4ccnc4c(Nc4ccc(N5CCO[C@H](CO)C5)cc4)n3)cc2N1. The molecule has 6 rings (SSSR count). The highest BCUT2D eigenvalue weighted by Gasteiger charge is 2.21. The maximum absolute atomic E-state index is 11.7. The second kappa shape index (κ2) is 8.44. The normalized spacial score (nSPS) is 17.6. The first-order valence-corrected chi connectivity index (χ1v) is 11.3. The molecule has 0 unspecified atom stereocenters. The number of rotatable bonds is 5. The summed E-state index contributed by atoms with van der Waals surface area (Å²) in [5, 5.41) is 15.7. The Kier molecular flexibility index (Phi) is 5.12. The van der Waals surface area contributed by atoms with Crippen LogP contribution in [-0.2, 0) is 16.0 Å². The first-order valence-electron chi connectivity index (χ1n) is 11.3. The number of nitrogens with one attached hydrogen (secondary N) is 2. The van der Waals surface area contributed by atoms with Gasteiger partial charge < -0.3 is 29.8 Å². The lowest BCUT2D eigenvalue weighted by atomic mass is 10.1. The number of morpholine rings is 1. The number of carbonyl (C=O) groups excluding carboxylic acids is 1. The van der Waals surface area contributed by atoms with Gasteiger partial charge >= 0.3 is 0 Å². The summed E-state index contributed by atoms with van der Waals surface area (Å²) in [6.45, 7) is 2.09. The Morgan fingerprint density at radius 1 is 1.21 bits per heavy atom. The maximum Gasteiger partial charge on any atom is 0.228 e. The number of fused-ring (bicyclic) bond motifs is 2. The van der Waals surface area contributed by atoms with Crippen molar-refractivity contribution >= 4 is 34.4 Å². The van der Waals surface area contributed by atoms with Gasteiger partial charge in [-0.25, -0.2) is 9.97 Å². The van der Waals surface area contributed by atoms with Gasteiger partial charge in [0.15, 0.2) is 11.5 Å². The fourth-order valence-corrected chi connectivity index (χ4v) is 4.48. The molecule has 9 heteroatoms. The first kappa shape index (κ1) is 20.6. The molecule has 1 atom stereocenters. The summed E-state index contributed by atoms with van der Waals surface area (Å²) in [6, 6.07) is 14.1. The van der Waals surface area contributed by atoms with Crippen LogP contribution in [-0.4, -0.2) is 57.8 Å². The van der Waals surface area contributed by atoms with Crippen molar-refractivity contribution in [2.75, 3.05) is 41.8 Å². The fourth-order valence-electron chi connectivity index (χ4n) is 4.48. The molecule has 0 saturated carbocycles. The molecular formula is C25H24N6O3.